The molecule has 3 aromatic rings. The van der Waals surface area contributed by atoms with E-state index in [1.165, 1.54) is 43.5 Å². The van der Waals surface area contributed by atoms with E-state index in [0.29, 0.717) is 5.75 Å². The maximum absolute atomic E-state index is 14.3. The highest BCUT2D eigenvalue weighted by atomic mass is 32.2. The number of rotatable bonds is 6. The van der Waals surface area contributed by atoms with Gasteiger partial charge in [0.1, 0.15) is 11.6 Å². The van der Waals surface area contributed by atoms with Crippen molar-refractivity contribution in [2.45, 2.75) is 4.90 Å². The van der Waals surface area contributed by atoms with Gasteiger partial charge in [0.15, 0.2) is 0 Å². The van der Waals surface area contributed by atoms with Gasteiger partial charge in [-0.05, 0) is 60.2 Å². The third-order valence-electron chi connectivity index (χ3n) is 3.82. The quantitative estimate of drug-likeness (QED) is 0.692. The van der Waals surface area contributed by atoms with Gasteiger partial charge in [-0.15, -0.1) is 0 Å². The second-order valence-corrected chi connectivity index (χ2v) is 7.28. The van der Waals surface area contributed by atoms with Gasteiger partial charge in [0, 0.05) is 18.0 Å². The van der Waals surface area contributed by atoms with Gasteiger partial charge >= 0.3 is 0 Å². The van der Waals surface area contributed by atoms with E-state index in [2.05, 4.69) is 9.71 Å². The van der Waals surface area contributed by atoms with Crippen LogP contribution in [-0.2, 0) is 10.0 Å². The zero-order valence-corrected chi connectivity index (χ0v) is 15.3. The molecule has 0 saturated carbocycles. The van der Waals surface area contributed by atoms with Crippen LogP contribution in [0.1, 0.15) is 11.1 Å². The van der Waals surface area contributed by atoms with Crippen LogP contribution in [0.2, 0.25) is 0 Å². The number of halogens is 1. The van der Waals surface area contributed by atoms with Crippen LogP contribution in [0, 0.1) is 5.82 Å². The summed E-state index contributed by atoms with van der Waals surface area (Å²) in [4.78, 5) is 3.97. The fourth-order valence-corrected chi connectivity index (χ4v) is 3.49. The number of aromatic nitrogens is 1. The molecule has 3 rings (SSSR count). The topological polar surface area (TPSA) is 68.3 Å². The van der Waals surface area contributed by atoms with Crippen LogP contribution in [0.5, 0.6) is 5.75 Å². The first-order valence-corrected chi connectivity index (χ1v) is 9.51. The lowest BCUT2D eigenvalue weighted by Gasteiger charge is -2.12. The van der Waals surface area contributed by atoms with E-state index in [9.17, 15) is 12.8 Å². The van der Waals surface area contributed by atoms with Crippen molar-refractivity contribution in [3.63, 3.8) is 0 Å². The largest absolute Gasteiger partial charge is 0.497 e. The van der Waals surface area contributed by atoms with Gasteiger partial charge in [0.25, 0.3) is 10.0 Å². The fraction of sp³-hybridized carbons (Fsp3) is 0.0500. The molecule has 0 unspecified atom stereocenters. The van der Waals surface area contributed by atoms with Crippen LogP contribution < -0.4 is 9.46 Å². The van der Waals surface area contributed by atoms with Crippen LogP contribution in [-0.4, -0.2) is 20.5 Å². The lowest BCUT2D eigenvalue weighted by molar-refractivity contribution is 0.414. The van der Waals surface area contributed by atoms with Crippen molar-refractivity contribution < 1.29 is 17.5 Å². The Morgan fingerprint density at radius 2 is 1.70 bits per heavy atom. The second-order valence-electron chi connectivity index (χ2n) is 5.60. The minimum Gasteiger partial charge on any atom is -0.497 e. The third kappa shape index (κ3) is 4.51. The van der Waals surface area contributed by atoms with Crippen LogP contribution in [0.4, 0.5) is 10.1 Å². The first kappa shape index (κ1) is 18.6. The summed E-state index contributed by atoms with van der Waals surface area (Å²) < 4.78 is 47.1. The molecule has 0 saturated heterocycles. The standard InChI is InChI=1S/C20H17FN2O3S/c1-26-16-6-8-17(9-7-16)27(24,25)23-20-4-2-3-19(21)18(20)10-5-15-11-13-22-14-12-15/h2-14,23H,1H3/b10-5+. The Morgan fingerprint density at radius 3 is 2.37 bits per heavy atom. The molecule has 0 spiro atoms. The number of methoxy groups -OCH3 is 1. The summed E-state index contributed by atoms with van der Waals surface area (Å²) in [6.45, 7) is 0. The molecule has 0 aliphatic heterocycles. The summed E-state index contributed by atoms with van der Waals surface area (Å²) in [5.41, 5.74) is 1.11. The maximum Gasteiger partial charge on any atom is 0.261 e. The molecular weight excluding hydrogens is 367 g/mol. The lowest BCUT2D eigenvalue weighted by Crippen LogP contribution is -2.14. The van der Waals surface area contributed by atoms with Crippen molar-refractivity contribution in [3.05, 3.63) is 83.9 Å². The summed E-state index contributed by atoms with van der Waals surface area (Å²) in [6.07, 6.45) is 6.45. The Morgan fingerprint density at radius 1 is 1.00 bits per heavy atom. The van der Waals surface area contributed by atoms with Crippen molar-refractivity contribution in [3.8, 4) is 5.75 Å². The Labute approximate surface area is 157 Å². The zero-order chi connectivity index (χ0) is 19.3. The first-order valence-electron chi connectivity index (χ1n) is 8.03. The van der Waals surface area contributed by atoms with Gasteiger partial charge in [-0.25, -0.2) is 12.8 Å². The SMILES string of the molecule is COc1ccc(S(=O)(=O)Nc2cccc(F)c2/C=C/c2ccncc2)cc1. The number of ether oxygens (including phenoxy) is 1. The minimum absolute atomic E-state index is 0.0524. The number of hydrogen-bond donors (Lipinski definition) is 1. The average Bonchev–Trinajstić information content (AvgIpc) is 2.68. The second kappa shape index (κ2) is 8.01. The van der Waals surface area contributed by atoms with Crippen LogP contribution in [0.3, 0.4) is 0 Å². The third-order valence-corrected chi connectivity index (χ3v) is 5.20. The maximum atomic E-state index is 14.3. The number of nitrogens with zero attached hydrogens (tertiary/aromatic N) is 1. The number of pyridine rings is 1. The van der Waals surface area contributed by atoms with E-state index < -0.39 is 15.8 Å². The van der Waals surface area contributed by atoms with E-state index in [-0.39, 0.29) is 16.1 Å². The molecule has 0 aliphatic carbocycles. The molecule has 2 aromatic carbocycles. The molecule has 0 bridgehead atoms. The molecule has 138 valence electrons. The number of hydrogen-bond acceptors (Lipinski definition) is 4. The van der Waals surface area contributed by atoms with Gasteiger partial charge in [-0.3, -0.25) is 9.71 Å². The van der Waals surface area contributed by atoms with E-state index in [0.717, 1.165) is 5.56 Å². The van der Waals surface area contributed by atoms with Gasteiger partial charge in [0.05, 0.1) is 17.7 Å². The monoisotopic (exact) mass is 384 g/mol. The fourth-order valence-electron chi connectivity index (χ4n) is 2.41. The number of anilines is 1. The Hall–Kier alpha value is -3.19. The Kier molecular flexibility index (Phi) is 5.52. The summed E-state index contributed by atoms with van der Waals surface area (Å²) in [5, 5.41) is 0. The van der Waals surface area contributed by atoms with Crippen LogP contribution in [0.25, 0.3) is 12.2 Å². The molecule has 0 amide bonds. The highest BCUT2D eigenvalue weighted by Gasteiger charge is 2.17. The molecule has 7 heteroatoms. The molecule has 5 nitrogen and oxygen atoms in total. The highest BCUT2D eigenvalue weighted by Crippen LogP contribution is 2.25. The molecule has 1 aromatic heterocycles. The predicted molar refractivity (Wildman–Crippen MR) is 103 cm³/mol. The Balaban J connectivity index is 1.92. The summed E-state index contributed by atoms with van der Waals surface area (Å²) in [5.74, 6) is 0.0101. The first-order chi connectivity index (χ1) is 13.0. The van der Waals surface area contributed by atoms with Crippen molar-refractivity contribution in [2.24, 2.45) is 0 Å². The summed E-state index contributed by atoms with van der Waals surface area (Å²) >= 11 is 0. The van der Waals surface area contributed by atoms with E-state index in [1.807, 2.05) is 0 Å². The molecule has 0 aliphatic rings. The Bertz CT molecular complexity index is 1050. The number of sulfonamides is 1. The van der Waals surface area contributed by atoms with Crippen molar-refractivity contribution in [2.75, 3.05) is 11.8 Å². The average molecular weight is 384 g/mol. The number of nitrogens with one attached hydrogen (secondary N) is 1. The molecular formula is C20H17FN2O3S. The molecule has 0 fully saturated rings. The minimum atomic E-state index is -3.88. The molecule has 1 heterocycles. The van der Waals surface area contributed by atoms with E-state index in [4.69, 9.17) is 4.74 Å². The number of benzene rings is 2. The molecule has 0 atom stereocenters. The molecule has 1 N–H and O–H groups in total. The molecule has 27 heavy (non-hydrogen) atoms. The summed E-state index contributed by atoms with van der Waals surface area (Å²) in [7, 11) is -2.38. The van der Waals surface area contributed by atoms with Crippen molar-refractivity contribution in [1.82, 2.24) is 4.98 Å². The van der Waals surface area contributed by atoms with E-state index >= 15 is 0 Å². The normalized spacial score (nSPS) is 11.5. The van der Waals surface area contributed by atoms with Crippen LogP contribution in [0.15, 0.2) is 71.9 Å². The van der Waals surface area contributed by atoms with E-state index in [1.54, 1.807) is 42.7 Å². The summed E-state index contributed by atoms with van der Waals surface area (Å²) in [6, 6.07) is 13.7. The lowest BCUT2D eigenvalue weighted by atomic mass is 10.1. The highest BCUT2D eigenvalue weighted by molar-refractivity contribution is 7.92. The molecule has 0 radical (unpaired) electrons. The smallest absolute Gasteiger partial charge is 0.261 e. The van der Waals surface area contributed by atoms with Gasteiger partial charge < -0.3 is 4.74 Å². The van der Waals surface area contributed by atoms with Crippen molar-refractivity contribution >= 4 is 27.9 Å². The van der Waals surface area contributed by atoms with Gasteiger partial charge in [-0.2, -0.15) is 0 Å². The zero-order valence-electron chi connectivity index (χ0n) is 14.5. The van der Waals surface area contributed by atoms with Crippen molar-refractivity contribution in [1.29, 1.82) is 0 Å². The van der Waals surface area contributed by atoms with Crippen LogP contribution >= 0.6 is 0 Å². The predicted octanol–water partition coefficient (Wildman–Crippen LogP) is 4.20. The van der Waals surface area contributed by atoms with Gasteiger partial charge in [0.2, 0.25) is 0 Å². The van der Waals surface area contributed by atoms with Gasteiger partial charge in [-0.1, -0.05) is 12.1 Å².